The summed E-state index contributed by atoms with van der Waals surface area (Å²) in [4.78, 5) is 0. The molecule has 0 N–H and O–H groups in total. The van der Waals surface area contributed by atoms with Crippen LogP contribution in [0.3, 0.4) is 0 Å². The molecule has 0 heteroatoms. The van der Waals surface area contributed by atoms with Crippen LogP contribution in [0, 0.1) is 43.3 Å². The van der Waals surface area contributed by atoms with Gasteiger partial charge in [-0.1, -0.05) is 507 Å². The SMILES string of the molecule is CC.CC.CC.CC.CC(C)(C)C.CC(C)(C)C.CC(C)(C)C.CC(C)(C)C.CC(C)(C)C.CC(C)(C)C.CC(C)(C)C.CC(C)(C)C.c1ccc2c(c1)ccc1c3ccccc3ccc21.c1ccc2c(c1)ccc1ccccc12.c1ccc2cc3cc4ccccc4cc3cc2c1.c1ccc2cc3ccccc3cc2c1. The van der Waals surface area contributed by atoms with Crippen molar-refractivity contribution in [3.63, 3.8) is 0 Å². The largest absolute Gasteiger partial charge is 0.0683 e. The lowest BCUT2D eigenvalue weighted by Gasteiger charge is -2.07. The second-order valence-electron chi connectivity index (χ2n) is 40.5. The van der Waals surface area contributed by atoms with E-state index in [1.165, 1.54) is 108 Å². The fraction of sp³-hybridized carbons (Fsp3) is 0.429. The first-order valence-corrected chi connectivity index (χ1v) is 42.1. The van der Waals surface area contributed by atoms with E-state index in [-0.39, 0.29) is 0 Å². The van der Waals surface area contributed by atoms with Gasteiger partial charge in [0.2, 0.25) is 0 Å². The highest BCUT2D eigenvalue weighted by Crippen LogP contribution is 2.32. The van der Waals surface area contributed by atoms with Crippen molar-refractivity contribution in [3.8, 4) is 0 Å². The Labute approximate surface area is 690 Å². The van der Waals surface area contributed by atoms with Crippen LogP contribution in [-0.4, -0.2) is 0 Å². The lowest BCUT2D eigenvalue weighted by atomic mass is 9.97. The van der Waals surface area contributed by atoms with Gasteiger partial charge in [0.15, 0.2) is 0 Å². The van der Waals surface area contributed by atoms with Gasteiger partial charge in [0.05, 0.1) is 0 Å². The highest BCUT2D eigenvalue weighted by atomic mass is 14.1. The highest BCUT2D eigenvalue weighted by Gasteiger charge is 2.06. The lowest BCUT2D eigenvalue weighted by molar-refractivity contribution is 0.469. The van der Waals surface area contributed by atoms with Crippen molar-refractivity contribution >= 4 is 108 Å². The van der Waals surface area contributed by atoms with E-state index in [2.05, 4.69) is 488 Å². The maximum absolute atomic E-state index is 2.27. The minimum Gasteiger partial charge on any atom is -0.0683 e. The molecule has 0 aliphatic heterocycles. The van der Waals surface area contributed by atoms with Crippen molar-refractivity contribution in [2.45, 2.75) is 277 Å². The molecule has 0 amide bonds. The summed E-state index contributed by atoms with van der Waals surface area (Å²) >= 11 is 0. The zero-order valence-corrected chi connectivity index (χ0v) is 79.4. The van der Waals surface area contributed by atoms with Gasteiger partial charge in [0.25, 0.3) is 0 Å². The molecule has 0 radical (unpaired) electrons. The van der Waals surface area contributed by atoms with E-state index in [0.717, 1.165) is 0 Å². The molecule has 0 fully saturated rings. The van der Waals surface area contributed by atoms with E-state index in [1.54, 1.807) is 0 Å². The van der Waals surface area contributed by atoms with E-state index in [4.69, 9.17) is 0 Å². The van der Waals surface area contributed by atoms with Crippen molar-refractivity contribution in [1.82, 2.24) is 0 Å². The Morgan fingerprint density at radius 1 is 0.107 bits per heavy atom. The molecule has 0 aliphatic carbocycles. The molecule has 14 aromatic carbocycles. The topological polar surface area (TPSA) is 0 Å². The molecule has 112 heavy (non-hydrogen) atoms. The number of hydrogen-bond acceptors (Lipinski definition) is 0. The van der Waals surface area contributed by atoms with Crippen LogP contribution in [0.5, 0.6) is 0 Å². The van der Waals surface area contributed by atoms with Gasteiger partial charge in [-0.15, -0.1) is 0 Å². The fourth-order valence-electron chi connectivity index (χ4n) is 9.24. The molecule has 0 bridgehead atoms. The summed E-state index contributed by atoms with van der Waals surface area (Å²) in [7, 11) is 0. The maximum Gasteiger partial charge on any atom is -0.00990 e. The molecular formula is C112H164. The predicted octanol–water partition coefficient (Wildman–Crippen LogP) is 38.8. The van der Waals surface area contributed by atoms with Gasteiger partial charge in [-0.25, -0.2) is 0 Å². The molecule has 0 unspecified atom stereocenters. The number of fused-ring (bicyclic) bond motifs is 13. The van der Waals surface area contributed by atoms with Gasteiger partial charge in [0, 0.05) is 0 Å². The molecule has 0 aromatic heterocycles. The minimum absolute atomic E-state index is 0.500. The molecule has 0 spiro atoms. The molecule has 0 heterocycles. The summed E-state index contributed by atoms with van der Waals surface area (Å²) < 4.78 is 0. The number of hydrogen-bond donors (Lipinski definition) is 0. The van der Waals surface area contributed by atoms with Crippen LogP contribution in [0.1, 0.15) is 277 Å². The van der Waals surface area contributed by atoms with E-state index < -0.39 is 0 Å². The second-order valence-corrected chi connectivity index (χ2v) is 40.5. The maximum atomic E-state index is 2.27. The minimum atomic E-state index is 0.500. The van der Waals surface area contributed by atoms with E-state index >= 15 is 0 Å². The fourth-order valence-corrected chi connectivity index (χ4v) is 9.24. The molecule has 0 aliphatic rings. The molecule has 0 saturated carbocycles. The van der Waals surface area contributed by atoms with Crippen LogP contribution in [-0.2, 0) is 0 Å². The van der Waals surface area contributed by atoms with Crippen molar-refractivity contribution in [3.05, 3.63) is 267 Å². The normalized spacial score (nSPS) is 10.9. The smallest absolute Gasteiger partial charge is 0.00990 e. The third kappa shape index (κ3) is 53.6. The first-order valence-electron chi connectivity index (χ1n) is 42.1. The summed E-state index contributed by atoms with van der Waals surface area (Å²) in [5, 5.41) is 26.4. The third-order valence-electron chi connectivity index (χ3n) is 12.5. The quantitative estimate of drug-likeness (QED) is 0.105. The van der Waals surface area contributed by atoms with Crippen molar-refractivity contribution in [2.75, 3.05) is 0 Å². The van der Waals surface area contributed by atoms with Gasteiger partial charge < -0.3 is 0 Å². The van der Waals surface area contributed by atoms with Crippen LogP contribution in [0.2, 0.25) is 0 Å². The van der Waals surface area contributed by atoms with Crippen LogP contribution in [0.25, 0.3) is 108 Å². The predicted molar refractivity (Wildman–Crippen MR) is 527 cm³/mol. The van der Waals surface area contributed by atoms with Gasteiger partial charge in [-0.05, 0) is 187 Å². The summed E-state index contributed by atoms with van der Waals surface area (Å²) in [5.41, 5.74) is 4.00. The first kappa shape index (κ1) is 106. The Morgan fingerprint density at radius 3 is 0.348 bits per heavy atom. The molecule has 0 atom stereocenters. The number of benzene rings is 14. The van der Waals surface area contributed by atoms with Crippen molar-refractivity contribution in [1.29, 1.82) is 0 Å². The van der Waals surface area contributed by atoms with Crippen LogP contribution in [0.4, 0.5) is 0 Å². The Bertz CT molecular complexity index is 4210. The van der Waals surface area contributed by atoms with Crippen molar-refractivity contribution in [2.24, 2.45) is 43.3 Å². The van der Waals surface area contributed by atoms with E-state index in [9.17, 15) is 0 Å². The van der Waals surface area contributed by atoms with Crippen LogP contribution >= 0.6 is 0 Å². The van der Waals surface area contributed by atoms with E-state index in [0.29, 0.717) is 43.3 Å². The standard InChI is InChI=1S/2C18H12.2C14H10.8C5H12.4C2H6/c1-3-7-15-13(5-1)9-11-18-16-8-4-2-6-14(16)10-12-17(15)18;1-2-6-14-10-18-12-16-8-4-3-7-15(16)11-17(18)9-13(14)5-1;1-3-7-13-11(5-1)9-10-12-6-2-4-8-14(12)13;1-2-6-12-10-14-8-4-3-7-13(14)9-11(12)5-1;8*1-5(2,3)4;4*1-2/h2*1-12H;2*1-10H;8*1-4H3;4*1-2H3. The Balaban J connectivity index is 0. The molecule has 0 saturated heterocycles. The van der Waals surface area contributed by atoms with Gasteiger partial charge >= 0.3 is 0 Å². The Morgan fingerprint density at radius 2 is 0.205 bits per heavy atom. The summed E-state index contributed by atoms with van der Waals surface area (Å²) in [5.74, 6) is 0. The Kier molecular flexibility index (Phi) is 48.5. The zero-order valence-electron chi connectivity index (χ0n) is 79.4. The molecule has 612 valence electrons. The second kappa shape index (κ2) is 51.4. The van der Waals surface area contributed by atoms with Gasteiger partial charge in [-0.2, -0.15) is 0 Å². The van der Waals surface area contributed by atoms with E-state index in [1.807, 2.05) is 55.4 Å². The molecular weight excluding hydrogens is 1350 g/mol. The number of rotatable bonds is 0. The molecule has 0 nitrogen and oxygen atoms in total. The lowest BCUT2D eigenvalue weighted by Crippen LogP contribution is -1.93. The van der Waals surface area contributed by atoms with Crippen LogP contribution in [0.15, 0.2) is 267 Å². The zero-order chi connectivity index (χ0) is 86.7. The monoisotopic (exact) mass is 1510 g/mol. The van der Waals surface area contributed by atoms with Crippen LogP contribution < -0.4 is 0 Å². The average molecular weight is 1510 g/mol. The first-order chi connectivity index (χ1) is 51.7. The van der Waals surface area contributed by atoms with Gasteiger partial charge in [0.1, 0.15) is 0 Å². The third-order valence-corrected chi connectivity index (χ3v) is 12.5. The molecule has 14 aromatic rings. The summed E-state index contributed by atoms with van der Waals surface area (Å²) in [6.07, 6.45) is 0. The van der Waals surface area contributed by atoms with Crippen molar-refractivity contribution < 1.29 is 0 Å². The molecule has 14 rings (SSSR count). The summed E-state index contributed by atoms with van der Waals surface area (Å²) in [6.45, 7) is 86.0. The average Bonchev–Trinajstić information content (AvgIpc) is 0.745. The summed E-state index contributed by atoms with van der Waals surface area (Å²) in [6, 6.07) is 95.0. The highest BCUT2D eigenvalue weighted by molar-refractivity contribution is 6.17. The Hall–Kier alpha value is -8.32. The van der Waals surface area contributed by atoms with Gasteiger partial charge in [-0.3, -0.25) is 0 Å².